The van der Waals surface area contributed by atoms with E-state index in [1.54, 1.807) is 0 Å². The van der Waals surface area contributed by atoms with Gasteiger partial charge in [0.05, 0.1) is 0 Å². The minimum atomic E-state index is 0.821. The molecule has 0 aliphatic heterocycles. The minimum absolute atomic E-state index is 0.821. The van der Waals surface area contributed by atoms with Gasteiger partial charge in [-0.3, -0.25) is 0 Å². The molecule has 3 heteroatoms. The molecule has 0 fully saturated rings. The third kappa shape index (κ3) is 3.58. The van der Waals surface area contributed by atoms with E-state index < -0.39 is 0 Å². The average molecular weight is 325 g/mol. The molecule has 0 heterocycles. The zero-order valence-corrected chi connectivity index (χ0v) is 12.6. The molecule has 0 bridgehead atoms. The maximum Gasteiger partial charge on any atom is 0.0438 e. The molecule has 0 saturated carbocycles. The van der Waals surface area contributed by atoms with Crippen LogP contribution in [0.1, 0.15) is 16.7 Å². The van der Waals surface area contributed by atoms with Crippen molar-refractivity contribution < 1.29 is 0 Å². The van der Waals surface area contributed by atoms with Crippen molar-refractivity contribution in [2.75, 3.05) is 0 Å². The van der Waals surface area contributed by atoms with Crippen molar-refractivity contribution >= 4 is 27.5 Å². The van der Waals surface area contributed by atoms with Crippen LogP contribution in [0, 0.1) is 6.92 Å². The monoisotopic (exact) mass is 323 g/mol. The second-order valence-electron chi connectivity index (χ2n) is 4.28. The molecule has 0 aromatic heterocycles. The van der Waals surface area contributed by atoms with Gasteiger partial charge in [-0.2, -0.15) is 0 Å². The SMILES string of the molecule is Cc1ccc(CNCc2ccccc2Br)cc1Cl. The van der Waals surface area contributed by atoms with Crippen LogP contribution in [0.2, 0.25) is 5.02 Å². The normalized spacial score (nSPS) is 10.6. The van der Waals surface area contributed by atoms with E-state index in [1.807, 2.05) is 25.1 Å². The molecule has 2 aromatic carbocycles. The summed E-state index contributed by atoms with van der Waals surface area (Å²) in [6.45, 7) is 3.68. The smallest absolute Gasteiger partial charge is 0.0438 e. The van der Waals surface area contributed by atoms with Crippen LogP contribution >= 0.6 is 27.5 Å². The van der Waals surface area contributed by atoms with E-state index in [2.05, 4.69) is 45.5 Å². The Labute approximate surface area is 121 Å². The molecule has 2 rings (SSSR count). The predicted octanol–water partition coefficient (Wildman–Crippen LogP) is 4.70. The second kappa shape index (κ2) is 6.37. The van der Waals surface area contributed by atoms with Crippen molar-refractivity contribution in [2.45, 2.75) is 20.0 Å². The molecular formula is C15H15BrClN. The molecule has 1 nitrogen and oxygen atoms in total. The zero-order valence-electron chi connectivity index (χ0n) is 10.2. The van der Waals surface area contributed by atoms with Gasteiger partial charge in [0.2, 0.25) is 0 Å². The Morgan fingerprint density at radius 2 is 1.89 bits per heavy atom. The van der Waals surface area contributed by atoms with Crippen molar-refractivity contribution in [3.05, 3.63) is 68.7 Å². The number of nitrogens with one attached hydrogen (secondary N) is 1. The second-order valence-corrected chi connectivity index (χ2v) is 5.54. The van der Waals surface area contributed by atoms with Crippen LogP contribution < -0.4 is 5.32 Å². The van der Waals surface area contributed by atoms with E-state index in [9.17, 15) is 0 Å². The predicted molar refractivity (Wildman–Crippen MR) is 80.9 cm³/mol. The highest BCUT2D eigenvalue weighted by Gasteiger charge is 2.00. The number of halogens is 2. The van der Waals surface area contributed by atoms with Gasteiger partial charge in [0.1, 0.15) is 0 Å². The van der Waals surface area contributed by atoms with Gasteiger partial charge >= 0.3 is 0 Å². The van der Waals surface area contributed by atoms with E-state index in [1.165, 1.54) is 11.1 Å². The third-order valence-corrected chi connectivity index (χ3v) is 4.02. The van der Waals surface area contributed by atoms with E-state index in [4.69, 9.17) is 11.6 Å². The first kappa shape index (κ1) is 13.6. The number of rotatable bonds is 4. The Bertz CT molecular complexity index is 540. The van der Waals surface area contributed by atoms with E-state index in [-0.39, 0.29) is 0 Å². The fourth-order valence-electron chi connectivity index (χ4n) is 1.73. The summed E-state index contributed by atoms with van der Waals surface area (Å²) < 4.78 is 1.14. The van der Waals surface area contributed by atoms with Crippen molar-refractivity contribution in [3.63, 3.8) is 0 Å². The Kier molecular flexibility index (Phi) is 4.81. The summed E-state index contributed by atoms with van der Waals surface area (Å²) >= 11 is 9.64. The molecule has 0 radical (unpaired) electrons. The van der Waals surface area contributed by atoms with Gasteiger partial charge in [-0.15, -0.1) is 0 Å². The van der Waals surface area contributed by atoms with Gasteiger partial charge in [0.15, 0.2) is 0 Å². The maximum absolute atomic E-state index is 6.10. The lowest BCUT2D eigenvalue weighted by Gasteiger charge is -2.08. The van der Waals surface area contributed by atoms with Crippen LogP contribution in [0.15, 0.2) is 46.9 Å². The number of benzene rings is 2. The van der Waals surface area contributed by atoms with E-state index in [0.717, 1.165) is 28.1 Å². The van der Waals surface area contributed by atoms with Crippen LogP contribution in [-0.4, -0.2) is 0 Å². The summed E-state index contributed by atoms with van der Waals surface area (Å²) in [7, 11) is 0. The standard InChI is InChI=1S/C15H15BrClN/c1-11-6-7-12(8-15(11)17)9-18-10-13-4-2-3-5-14(13)16/h2-8,18H,9-10H2,1H3. The fourth-order valence-corrected chi connectivity index (χ4v) is 2.36. The molecule has 0 aliphatic carbocycles. The highest BCUT2D eigenvalue weighted by molar-refractivity contribution is 9.10. The molecule has 94 valence electrons. The van der Waals surface area contributed by atoms with E-state index >= 15 is 0 Å². The minimum Gasteiger partial charge on any atom is -0.309 e. The van der Waals surface area contributed by atoms with Crippen molar-refractivity contribution in [2.24, 2.45) is 0 Å². The summed E-state index contributed by atoms with van der Waals surface area (Å²) in [6, 6.07) is 14.4. The molecule has 0 saturated heterocycles. The quantitative estimate of drug-likeness (QED) is 0.859. The topological polar surface area (TPSA) is 12.0 Å². The van der Waals surface area contributed by atoms with Crippen LogP contribution in [0.5, 0.6) is 0 Å². The number of hydrogen-bond acceptors (Lipinski definition) is 1. The molecule has 18 heavy (non-hydrogen) atoms. The Hall–Kier alpha value is -0.830. The van der Waals surface area contributed by atoms with Gasteiger partial charge in [0.25, 0.3) is 0 Å². The average Bonchev–Trinajstić information content (AvgIpc) is 2.36. The summed E-state index contributed by atoms with van der Waals surface area (Å²) in [5.74, 6) is 0. The highest BCUT2D eigenvalue weighted by atomic mass is 79.9. The van der Waals surface area contributed by atoms with Gasteiger partial charge < -0.3 is 5.32 Å². The lowest BCUT2D eigenvalue weighted by atomic mass is 10.1. The molecule has 0 unspecified atom stereocenters. The molecular weight excluding hydrogens is 310 g/mol. The first-order chi connectivity index (χ1) is 8.66. The maximum atomic E-state index is 6.10. The molecule has 2 aromatic rings. The highest BCUT2D eigenvalue weighted by Crippen LogP contribution is 2.18. The van der Waals surface area contributed by atoms with Crippen LogP contribution in [-0.2, 0) is 13.1 Å². The third-order valence-electron chi connectivity index (χ3n) is 2.84. The molecule has 0 spiro atoms. The summed E-state index contributed by atoms with van der Waals surface area (Å²) in [5, 5.41) is 4.25. The van der Waals surface area contributed by atoms with Crippen LogP contribution in [0.4, 0.5) is 0 Å². The van der Waals surface area contributed by atoms with Gasteiger partial charge in [-0.05, 0) is 35.7 Å². The lowest BCUT2D eigenvalue weighted by molar-refractivity contribution is 0.691. The van der Waals surface area contributed by atoms with Crippen molar-refractivity contribution in [3.8, 4) is 0 Å². The van der Waals surface area contributed by atoms with E-state index in [0.29, 0.717) is 0 Å². The first-order valence-electron chi connectivity index (χ1n) is 5.86. The number of hydrogen-bond donors (Lipinski definition) is 1. The molecule has 1 N–H and O–H groups in total. The summed E-state index contributed by atoms with van der Waals surface area (Å²) in [6.07, 6.45) is 0. The summed E-state index contributed by atoms with van der Waals surface area (Å²) in [5.41, 5.74) is 3.58. The van der Waals surface area contributed by atoms with Crippen molar-refractivity contribution in [1.82, 2.24) is 5.32 Å². The fraction of sp³-hybridized carbons (Fsp3) is 0.200. The van der Waals surface area contributed by atoms with Gasteiger partial charge in [-0.25, -0.2) is 0 Å². The Balaban J connectivity index is 1.92. The molecule has 0 amide bonds. The zero-order chi connectivity index (χ0) is 13.0. The molecule has 0 atom stereocenters. The largest absolute Gasteiger partial charge is 0.309 e. The van der Waals surface area contributed by atoms with Crippen LogP contribution in [0.3, 0.4) is 0 Å². The van der Waals surface area contributed by atoms with Gasteiger partial charge in [0, 0.05) is 22.6 Å². The number of aryl methyl sites for hydroxylation is 1. The Morgan fingerprint density at radius 3 is 2.61 bits per heavy atom. The summed E-state index contributed by atoms with van der Waals surface area (Å²) in [4.78, 5) is 0. The molecule has 0 aliphatic rings. The Morgan fingerprint density at radius 1 is 1.11 bits per heavy atom. The first-order valence-corrected chi connectivity index (χ1v) is 7.03. The van der Waals surface area contributed by atoms with Gasteiger partial charge in [-0.1, -0.05) is 57.9 Å². The lowest BCUT2D eigenvalue weighted by Crippen LogP contribution is -2.13. The van der Waals surface area contributed by atoms with Crippen LogP contribution in [0.25, 0.3) is 0 Å². The van der Waals surface area contributed by atoms with Crippen molar-refractivity contribution in [1.29, 1.82) is 0 Å².